The molecule has 17 heavy (non-hydrogen) atoms. The van der Waals surface area contributed by atoms with Gasteiger partial charge >= 0.3 is 0 Å². The lowest BCUT2D eigenvalue weighted by molar-refractivity contribution is -0.125. The smallest absolute Gasteiger partial charge is 0.149 e. The van der Waals surface area contributed by atoms with Crippen molar-refractivity contribution in [3.8, 4) is 0 Å². The summed E-state index contributed by atoms with van der Waals surface area (Å²) in [6.07, 6.45) is 7.74. The fourth-order valence-corrected chi connectivity index (χ4v) is 3.17. The Morgan fingerprint density at radius 1 is 1.24 bits per heavy atom. The number of likely N-dealkylation sites (N-methyl/N-ethyl adjacent to an activating group) is 1. The summed E-state index contributed by atoms with van der Waals surface area (Å²) in [5, 5.41) is 9.23. The van der Waals surface area contributed by atoms with Gasteiger partial charge in [0, 0.05) is 12.5 Å². The van der Waals surface area contributed by atoms with Gasteiger partial charge in [-0.3, -0.25) is 9.69 Å². The molecule has 2 aliphatic carbocycles. The molecule has 2 fully saturated rings. The number of nitrogens with zero attached hydrogens (tertiary/aromatic N) is 1. The Bertz CT molecular complexity index is 255. The van der Waals surface area contributed by atoms with Gasteiger partial charge in [0.2, 0.25) is 0 Å². The van der Waals surface area contributed by atoms with Gasteiger partial charge in [-0.05, 0) is 38.6 Å². The van der Waals surface area contributed by atoms with Gasteiger partial charge in [-0.15, -0.1) is 0 Å². The Hall–Kier alpha value is -0.410. The van der Waals surface area contributed by atoms with Crippen LogP contribution in [0.3, 0.4) is 0 Å². The predicted molar refractivity (Wildman–Crippen MR) is 67.8 cm³/mol. The van der Waals surface area contributed by atoms with Crippen LogP contribution in [0, 0.1) is 11.8 Å². The third-order valence-corrected chi connectivity index (χ3v) is 4.27. The van der Waals surface area contributed by atoms with Crippen LogP contribution >= 0.6 is 0 Å². The summed E-state index contributed by atoms with van der Waals surface area (Å²) in [6, 6.07) is 0. The van der Waals surface area contributed by atoms with Crippen LogP contribution in [0.5, 0.6) is 0 Å². The van der Waals surface area contributed by atoms with Crippen molar-refractivity contribution in [2.45, 2.75) is 51.0 Å². The summed E-state index contributed by atoms with van der Waals surface area (Å²) in [4.78, 5) is 14.2. The minimum absolute atomic E-state index is 0.0811. The third-order valence-electron chi connectivity index (χ3n) is 4.27. The van der Waals surface area contributed by atoms with E-state index in [0.717, 1.165) is 32.2 Å². The fourth-order valence-electron chi connectivity index (χ4n) is 3.17. The van der Waals surface area contributed by atoms with Crippen molar-refractivity contribution in [1.82, 2.24) is 4.90 Å². The van der Waals surface area contributed by atoms with Gasteiger partial charge in [-0.2, -0.15) is 0 Å². The average molecular weight is 239 g/mol. The Balaban J connectivity index is 1.66. The maximum Gasteiger partial charge on any atom is 0.149 e. The van der Waals surface area contributed by atoms with E-state index >= 15 is 0 Å². The molecule has 0 unspecified atom stereocenters. The second-order valence-corrected chi connectivity index (χ2v) is 5.99. The first-order valence-electron chi connectivity index (χ1n) is 7.04. The molecule has 0 aliphatic heterocycles. The number of ketones is 1. The lowest BCUT2D eigenvalue weighted by Crippen LogP contribution is -2.40. The summed E-state index contributed by atoms with van der Waals surface area (Å²) in [6.45, 7) is 1.58. The molecule has 0 heterocycles. The van der Waals surface area contributed by atoms with Crippen LogP contribution in [0.25, 0.3) is 0 Å². The quantitative estimate of drug-likeness (QED) is 0.796. The molecule has 2 aliphatic rings. The van der Waals surface area contributed by atoms with Gasteiger partial charge in [0.1, 0.15) is 5.78 Å². The number of aliphatic hydroxyl groups is 1. The Kier molecular flexibility index (Phi) is 4.57. The third kappa shape index (κ3) is 3.78. The molecule has 3 heteroatoms. The first-order valence-corrected chi connectivity index (χ1v) is 7.04. The Morgan fingerprint density at radius 2 is 1.88 bits per heavy atom. The molecular formula is C14H25NO2. The minimum atomic E-state index is -0.0811. The molecule has 0 atom stereocenters. The van der Waals surface area contributed by atoms with Crippen LogP contribution in [0.1, 0.15) is 44.9 Å². The minimum Gasteiger partial charge on any atom is -0.393 e. The van der Waals surface area contributed by atoms with Crippen LogP contribution in [0.4, 0.5) is 0 Å². The molecular weight excluding hydrogens is 214 g/mol. The van der Waals surface area contributed by atoms with Crippen molar-refractivity contribution in [3.05, 3.63) is 0 Å². The van der Waals surface area contributed by atoms with Crippen LogP contribution in [-0.2, 0) is 4.79 Å². The van der Waals surface area contributed by atoms with Crippen molar-refractivity contribution in [2.75, 3.05) is 20.1 Å². The van der Waals surface area contributed by atoms with E-state index in [1.54, 1.807) is 0 Å². The second kappa shape index (κ2) is 5.96. The molecule has 3 nitrogen and oxygen atoms in total. The number of rotatable bonds is 5. The number of hydrogen-bond donors (Lipinski definition) is 1. The lowest BCUT2D eigenvalue weighted by atomic mass is 9.82. The molecule has 2 saturated carbocycles. The molecule has 1 N–H and O–H groups in total. The van der Waals surface area contributed by atoms with Crippen molar-refractivity contribution >= 4 is 5.78 Å². The number of carbonyl (C=O) groups excluding carboxylic acids is 1. The standard InChI is InChI=1S/C14H25NO2/c1-15(9-11-7-13(16)8-11)10-14(17)12-5-3-2-4-6-12/h11-13,16H,2-10H2,1H3. The topological polar surface area (TPSA) is 40.5 Å². The predicted octanol–water partition coefficient (Wildman–Crippen LogP) is 1.84. The van der Waals surface area contributed by atoms with E-state index in [0.29, 0.717) is 24.2 Å². The summed E-state index contributed by atoms with van der Waals surface area (Å²) >= 11 is 0. The molecule has 0 aromatic heterocycles. The summed E-state index contributed by atoms with van der Waals surface area (Å²) in [5.41, 5.74) is 0. The summed E-state index contributed by atoms with van der Waals surface area (Å²) in [5.74, 6) is 1.37. The van der Waals surface area contributed by atoms with Gasteiger partial charge in [-0.25, -0.2) is 0 Å². The molecule has 98 valence electrons. The van der Waals surface area contributed by atoms with Gasteiger partial charge < -0.3 is 5.11 Å². The maximum absolute atomic E-state index is 12.1. The molecule has 0 bridgehead atoms. The highest BCUT2D eigenvalue weighted by atomic mass is 16.3. The van der Waals surface area contributed by atoms with E-state index in [1.807, 2.05) is 7.05 Å². The van der Waals surface area contributed by atoms with Crippen molar-refractivity contribution in [3.63, 3.8) is 0 Å². The summed E-state index contributed by atoms with van der Waals surface area (Å²) in [7, 11) is 2.03. The monoisotopic (exact) mass is 239 g/mol. The highest BCUT2D eigenvalue weighted by Gasteiger charge is 2.29. The Morgan fingerprint density at radius 3 is 2.47 bits per heavy atom. The zero-order chi connectivity index (χ0) is 12.3. The maximum atomic E-state index is 12.1. The zero-order valence-electron chi connectivity index (χ0n) is 10.9. The number of hydrogen-bond acceptors (Lipinski definition) is 3. The van der Waals surface area contributed by atoms with Crippen molar-refractivity contribution in [2.24, 2.45) is 11.8 Å². The van der Waals surface area contributed by atoms with Crippen molar-refractivity contribution < 1.29 is 9.90 Å². The van der Waals surface area contributed by atoms with Gasteiger partial charge in [0.15, 0.2) is 0 Å². The first-order chi connectivity index (χ1) is 8.15. The SMILES string of the molecule is CN(CC(=O)C1CCCCC1)CC1CC(O)C1. The van der Waals surface area contributed by atoms with E-state index in [1.165, 1.54) is 19.3 Å². The molecule has 0 radical (unpaired) electrons. The number of aliphatic hydroxyl groups excluding tert-OH is 1. The van der Waals surface area contributed by atoms with Gasteiger partial charge in [0.25, 0.3) is 0 Å². The van der Waals surface area contributed by atoms with E-state index in [9.17, 15) is 9.90 Å². The first kappa shape index (κ1) is 13.0. The normalized spacial score (nSPS) is 30.3. The van der Waals surface area contributed by atoms with Crippen LogP contribution in [0.2, 0.25) is 0 Å². The van der Waals surface area contributed by atoms with E-state index < -0.39 is 0 Å². The molecule has 0 amide bonds. The Labute approximate surface area is 104 Å². The molecule has 0 saturated heterocycles. The molecule has 0 aromatic rings. The molecule has 0 spiro atoms. The van der Waals surface area contributed by atoms with Gasteiger partial charge in [-0.1, -0.05) is 19.3 Å². The summed E-state index contributed by atoms with van der Waals surface area (Å²) < 4.78 is 0. The lowest BCUT2D eigenvalue weighted by Gasteiger charge is -2.34. The highest BCUT2D eigenvalue weighted by Crippen LogP contribution is 2.28. The highest BCUT2D eigenvalue weighted by molar-refractivity contribution is 5.83. The van der Waals surface area contributed by atoms with Gasteiger partial charge in [0.05, 0.1) is 12.6 Å². The van der Waals surface area contributed by atoms with Crippen molar-refractivity contribution in [1.29, 1.82) is 0 Å². The van der Waals surface area contributed by atoms with Crippen LogP contribution in [0.15, 0.2) is 0 Å². The largest absolute Gasteiger partial charge is 0.393 e. The molecule has 2 rings (SSSR count). The van der Waals surface area contributed by atoms with E-state index in [4.69, 9.17) is 0 Å². The molecule has 0 aromatic carbocycles. The fraction of sp³-hybridized carbons (Fsp3) is 0.929. The van der Waals surface area contributed by atoms with E-state index in [-0.39, 0.29) is 6.10 Å². The van der Waals surface area contributed by atoms with Crippen LogP contribution in [-0.4, -0.2) is 42.0 Å². The second-order valence-electron chi connectivity index (χ2n) is 5.99. The van der Waals surface area contributed by atoms with E-state index in [2.05, 4.69) is 4.90 Å². The zero-order valence-corrected chi connectivity index (χ0v) is 10.9. The average Bonchev–Trinajstić information content (AvgIpc) is 2.28. The number of Topliss-reactive ketones (excluding diaryl/α,β-unsaturated/α-hetero) is 1. The number of carbonyl (C=O) groups is 1. The van der Waals surface area contributed by atoms with Crippen LogP contribution < -0.4 is 0 Å².